The number of amides is 1. The molecular weight excluding hydrogens is 354 g/mol. The van der Waals surface area contributed by atoms with Gasteiger partial charge in [-0.2, -0.15) is 0 Å². The fourth-order valence-electron chi connectivity index (χ4n) is 2.07. The molecule has 6 heteroatoms. The topological polar surface area (TPSA) is 72.5 Å². The average Bonchev–Trinajstić information content (AvgIpc) is 2.61. The molecular formula is C20H18ClNO4. The van der Waals surface area contributed by atoms with Gasteiger partial charge in [-0.1, -0.05) is 35.9 Å². The number of anilines is 1. The lowest BCUT2D eigenvalue weighted by molar-refractivity contribution is -0.142. The number of aryl methyl sites for hydroxylation is 1. The number of ketones is 1. The zero-order chi connectivity index (χ0) is 19.1. The van der Waals surface area contributed by atoms with Gasteiger partial charge in [0, 0.05) is 22.3 Å². The number of hydrogen-bond acceptors (Lipinski definition) is 4. The first-order valence-electron chi connectivity index (χ1n) is 7.87. The van der Waals surface area contributed by atoms with E-state index in [9.17, 15) is 14.4 Å². The number of carbonyl (C=O) groups excluding carboxylic acids is 3. The monoisotopic (exact) mass is 371 g/mol. The third-order valence-corrected chi connectivity index (χ3v) is 3.91. The Morgan fingerprint density at radius 1 is 1.15 bits per heavy atom. The Morgan fingerprint density at radius 3 is 2.62 bits per heavy atom. The van der Waals surface area contributed by atoms with E-state index in [4.69, 9.17) is 16.3 Å². The van der Waals surface area contributed by atoms with Crippen LogP contribution < -0.4 is 5.32 Å². The second-order valence-electron chi connectivity index (χ2n) is 5.63. The number of nitrogens with one attached hydrogen (secondary N) is 1. The molecule has 5 nitrogen and oxygen atoms in total. The van der Waals surface area contributed by atoms with Crippen molar-refractivity contribution in [2.24, 2.45) is 0 Å². The van der Waals surface area contributed by atoms with Crippen molar-refractivity contribution >= 4 is 41.0 Å². The number of benzene rings is 2. The molecule has 0 aliphatic carbocycles. The molecule has 2 aromatic carbocycles. The van der Waals surface area contributed by atoms with E-state index in [-0.39, 0.29) is 5.78 Å². The number of rotatable bonds is 6. The maximum Gasteiger partial charge on any atom is 0.331 e. The van der Waals surface area contributed by atoms with Crippen LogP contribution in [0.2, 0.25) is 5.02 Å². The van der Waals surface area contributed by atoms with Gasteiger partial charge in [-0.3, -0.25) is 9.59 Å². The maximum atomic E-state index is 11.8. The van der Waals surface area contributed by atoms with E-state index in [1.807, 2.05) is 19.1 Å². The minimum Gasteiger partial charge on any atom is -0.452 e. The number of Topliss-reactive ketones (excluding diaryl/α,β-unsaturated/α-hetero) is 1. The van der Waals surface area contributed by atoms with Crippen LogP contribution in [0.15, 0.2) is 48.5 Å². The molecule has 1 N–H and O–H groups in total. The van der Waals surface area contributed by atoms with Crippen LogP contribution in [0.25, 0.3) is 6.08 Å². The molecule has 26 heavy (non-hydrogen) atoms. The van der Waals surface area contributed by atoms with Crippen LogP contribution in [-0.2, 0) is 14.3 Å². The van der Waals surface area contributed by atoms with E-state index in [1.165, 1.54) is 13.0 Å². The molecule has 0 atom stereocenters. The summed E-state index contributed by atoms with van der Waals surface area (Å²) >= 11 is 6.02. The van der Waals surface area contributed by atoms with Gasteiger partial charge in [-0.25, -0.2) is 4.79 Å². The minimum atomic E-state index is -0.644. The van der Waals surface area contributed by atoms with Crippen LogP contribution in [0.4, 0.5) is 5.69 Å². The predicted octanol–water partition coefficient (Wildman–Crippen LogP) is 4.05. The normalized spacial score (nSPS) is 10.6. The van der Waals surface area contributed by atoms with E-state index in [0.717, 1.165) is 11.1 Å². The molecule has 0 fully saturated rings. The molecule has 0 saturated heterocycles. The lowest BCUT2D eigenvalue weighted by Gasteiger charge is -2.06. The number of ether oxygens (including phenoxy) is 1. The molecule has 2 rings (SSSR count). The number of halogens is 1. The zero-order valence-corrected chi connectivity index (χ0v) is 15.2. The van der Waals surface area contributed by atoms with Crippen molar-refractivity contribution in [3.8, 4) is 0 Å². The van der Waals surface area contributed by atoms with Crippen molar-refractivity contribution < 1.29 is 19.1 Å². The van der Waals surface area contributed by atoms with E-state index in [2.05, 4.69) is 5.32 Å². The molecule has 2 aromatic rings. The fraction of sp³-hybridized carbons (Fsp3) is 0.150. The van der Waals surface area contributed by atoms with Gasteiger partial charge in [0.15, 0.2) is 12.4 Å². The molecule has 0 aromatic heterocycles. The Balaban J connectivity index is 1.85. The van der Waals surface area contributed by atoms with Gasteiger partial charge in [0.05, 0.1) is 0 Å². The third-order valence-electron chi connectivity index (χ3n) is 3.51. The first-order chi connectivity index (χ1) is 12.3. The van der Waals surface area contributed by atoms with Crippen molar-refractivity contribution in [2.45, 2.75) is 13.8 Å². The number of hydrogen-bond donors (Lipinski definition) is 1. The summed E-state index contributed by atoms with van der Waals surface area (Å²) in [5.74, 6) is -1.24. The quantitative estimate of drug-likeness (QED) is 0.472. The molecule has 0 heterocycles. The summed E-state index contributed by atoms with van der Waals surface area (Å²) in [5.41, 5.74) is 2.64. The van der Waals surface area contributed by atoms with Crippen LogP contribution in [0.5, 0.6) is 0 Å². The zero-order valence-electron chi connectivity index (χ0n) is 14.4. The summed E-state index contributed by atoms with van der Waals surface area (Å²) in [4.78, 5) is 34.9. The second kappa shape index (κ2) is 8.97. The van der Waals surface area contributed by atoms with Crippen LogP contribution >= 0.6 is 11.6 Å². The molecule has 0 unspecified atom stereocenters. The van der Waals surface area contributed by atoms with Crippen molar-refractivity contribution in [1.82, 2.24) is 0 Å². The summed E-state index contributed by atoms with van der Waals surface area (Å²) in [6.07, 6.45) is 2.78. The molecule has 0 spiro atoms. The van der Waals surface area contributed by atoms with Crippen molar-refractivity contribution in [3.63, 3.8) is 0 Å². The smallest absolute Gasteiger partial charge is 0.331 e. The number of carbonyl (C=O) groups is 3. The van der Waals surface area contributed by atoms with Crippen molar-refractivity contribution in [1.29, 1.82) is 0 Å². The summed E-state index contributed by atoms with van der Waals surface area (Å²) in [6.45, 7) is 2.90. The lowest BCUT2D eigenvalue weighted by atomic mass is 10.1. The Morgan fingerprint density at radius 2 is 1.92 bits per heavy atom. The fourth-order valence-corrected chi connectivity index (χ4v) is 2.26. The van der Waals surface area contributed by atoms with E-state index in [1.54, 1.807) is 36.4 Å². The van der Waals surface area contributed by atoms with Gasteiger partial charge in [0.1, 0.15) is 0 Å². The van der Waals surface area contributed by atoms with E-state index >= 15 is 0 Å². The summed E-state index contributed by atoms with van der Waals surface area (Å²) in [7, 11) is 0. The van der Waals surface area contributed by atoms with Gasteiger partial charge in [-0.05, 0) is 49.2 Å². The predicted molar refractivity (Wildman–Crippen MR) is 101 cm³/mol. The van der Waals surface area contributed by atoms with Gasteiger partial charge in [0.25, 0.3) is 5.91 Å². The van der Waals surface area contributed by atoms with Crippen LogP contribution in [-0.4, -0.2) is 24.3 Å². The van der Waals surface area contributed by atoms with Gasteiger partial charge >= 0.3 is 5.97 Å². The molecule has 0 radical (unpaired) electrons. The first-order valence-corrected chi connectivity index (χ1v) is 8.25. The van der Waals surface area contributed by atoms with Crippen LogP contribution in [0.3, 0.4) is 0 Å². The molecule has 134 valence electrons. The molecule has 0 saturated carbocycles. The SMILES string of the molecule is CC(=O)c1cccc(NC(=O)COC(=O)/C=C/c2ccc(C)c(Cl)c2)c1. The maximum absolute atomic E-state index is 11.8. The third kappa shape index (κ3) is 5.86. The second-order valence-corrected chi connectivity index (χ2v) is 6.04. The Labute approximate surface area is 156 Å². The number of esters is 1. The summed E-state index contributed by atoms with van der Waals surface area (Å²) in [5, 5.41) is 3.17. The highest BCUT2D eigenvalue weighted by Gasteiger charge is 2.07. The van der Waals surface area contributed by atoms with Crippen molar-refractivity contribution in [3.05, 3.63) is 70.3 Å². The van der Waals surface area contributed by atoms with Crippen molar-refractivity contribution in [2.75, 3.05) is 11.9 Å². The van der Waals surface area contributed by atoms with Crippen LogP contribution in [0.1, 0.15) is 28.4 Å². The Bertz CT molecular complexity index is 874. The highest BCUT2D eigenvalue weighted by Crippen LogP contribution is 2.17. The summed E-state index contributed by atoms with van der Waals surface area (Å²) < 4.78 is 4.89. The highest BCUT2D eigenvalue weighted by molar-refractivity contribution is 6.31. The van der Waals surface area contributed by atoms with Crippen LogP contribution in [0, 0.1) is 6.92 Å². The first kappa shape index (κ1) is 19.4. The molecule has 0 bridgehead atoms. The van der Waals surface area contributed by atoms with Gasteiger partial charge in [0.2, 0.25) is 0 Å². The Kier molecular flexibility index (Phi) is 6.69. The Hall–Kier alpha value is -2.92. The molecule has 0 aliphatic heterocycles. The van der Waals surface area contributed by atoms with E-state index in [0.29, 0.717) is 16.3 Å². The average molecular weight is 372 g/mol. The molecule has 1 amide bonds. The highest BCUT2D eigenvalue weighted by atomic mass is 35.5. The molecule has 0 aliphatic rings. The summed E-state index contributed by atoms with van der Waals surface area (Å²) in [6, 6.07) is 11.9. The van der Waals surface area contributed by atoms with Gasteiger partial charge < -0.3 is 10.1 Å². The minimum absolute atomic E-state index is 0.103. The largest absolute Gasteiger partial charge is 0.452 e. The standard InChI is InChI=1S/C20H18ClNO4/c1-13-6-7-15(10-18(13)21)8-9-20(25)26-12-19(24)22-17-5-3-4-16(11-17)14(2)23/h3-11H,12H2,1-2H3,(H,22,24)/b9-8+. The lowest BCUT2D eigenvalue weighted by Crippen LogP contribution is -2.20. The van der Waals surface area contributed by atoms with E-state index < -0.39 is 18.5 Å². The van der Waals surface area contributed by atoms with Gasteiger partial charge in [-0.15, -0.1) is 0 Å².